The second-order valence-corrected chi connectivity index (χ2v) is 9.76. The summed E-state index contributed by atoms with van der Waals surface area (Å²) in [5.41, 5.74) is 0.0511. The van der Waals surface area contributed by atoms with Crippen molar-refractivity contribution in [1.82, 2.24) is 9.62 Å². The van der Waals surface area contributed by atoms with Crippen LogP contribution in [0, 0.1) is 11.8 Å². The monoisotopic (exact) mass is 424 g/mol. The fourth-order valence-corrected chi connectivity index (χ4v) is 5.17. The van der Waals surface area contributed by atoms with E-state index < -0.39 is 16.0 Å². The number of hydrogen-bond donors (Lipinski definition) is 1. The molecule has 3 rings (SSSR count). The normalized spacial score (nSPS) is 22.2. The van der Waals surface area contributed by atoms with E-state index >= 15 is 0 Å². The highest BCUT2D eigenvalue weighted by Gasteiger charge is 2.31. The van der Waals surface area contributed by atoms with Crippen molar-refractivity contribution in [1.29, 1.82) is 0 Å². The smallest absolute Gasteiger partial charge is 0.338 e. The maximum Gasteiger partial charge on any atom is 0.338 e. The number of nitrogens with zero attached hydrogens (tertiary/aromatic N) is 1. The number of benzene rings is 1. The number of piperidine rings is 1. The highest BCUT2D eigenvalue weighted by Crippen LogP contribution is 2.28. The Hall–Kier alpha value is -2.13. The minimum absolute atomic E-state index is 0.0511. The molecule has 2 atom stereocenters. The molecule has 1 saturated carbocycles. The van der Waals surface area contributed by atoms with Crippen LogP contribution in [0.4, 0.5) is 0 Å². The summed E-state index contributed by atoms with van der Waals surface area (Å²) in [5.74, 6) is -0.0315. The van der Waals surface area contributed by atoms with Crippen molar-refractivity contribution in [3.05, 3.63) is 23.8 Å². The number of ether oxygens (including phenoxy) is 2. The van der Waals surface area contributed by atoms with Crippen LogP contribution in [0.5, 0.6) is 5.75 Å². The van der Waals surface area contributed by atoms with E-state index in [1.807, 2.05) is 0 Å². The number of nitrogens with one attached hydrogen (secondary N) is 1. The number of esters is 1. The Kier molecular flexibility index (Phi) is 6.48. The number of carbonyl (C=O) groups is 2. The quantitative estimate of drug-likeness (QED) is 0.670. The van der Waals surface area contributed by atoms with E-state index in [9.17, 15) is 18.0 Å². The first-order valence-corrected chi connectivity index (χ1v) is 11.3. The molecule has 0 bridgehead atoms. The summed E-state index contributed by atoms with van der Waals surface area (Å²) in [4.78, 5) is 26.4. The average Bonchev–Trinajstić information content (AvgIpc) is 3.47. The third kappa shape index (κ3) is 5.48. The van der Waals surface area contributed by atoms with Crippen LogP contribution in [-0.4, -0.2) is 58.0 Å². The van der Waals surface area contributed by atoms with Crippen LogP contribution >= 0.6 is 0 Å². The molecule has 2 aliphatic rings. The Morgan fingerprint density at radius 2 is 1.83 bits per heavy atom. The molecule has 1 aromatic carbocycles. The summed E-state index contributed by atoms with van der Waals surface area (Å²) in [7, 11) is -2.45. The number of amides is 1. The van der Waals surface area contributed by atoms with E-state index in [1.54, 1.807) is 4.90 Å². The van der Waals surface area contributed by atoms with Gasteiger partial charge in [-0.15, -0.1) is 0 Å². The van der Waals surface area contributed by atoms with Gasteiger partial charge < -0.3 is 14.4 Å². The minimum Gasteiger partial charge on any atom is -0.495 e. The molecule has 8 nitrogen and oxygen atoms in total. The molecule has 29 heavy (non-hydrogen) atoms. The molecule has 2 fully saturated rings. The lowest BCUT2D eigenvalue weighted by molar-refractivity contribution is -0.137. The molecule has 1 N–H and O–H groups in total. The topological polar surface area (TPSA) is 102 Å². The number of methoxy groups -OCH3 is 1. The van der Waals surface area contributed by atoms with Crippen LogP contribution < -0.4 is 9.46 Å². The van der Waals surface area contributed by atoms with E-state index in [4.69, 9.17) is 9.47 Å². The van der Waals surface area contributed by atoms with Gasteiger partial charge in [0.1, 0.15) is 10.6 Å². The van der Waals surface area contributed by atoms with Gasteiger partial charge in [-0.05, 0) is 49.3 Å². The fourth-order valence-electron chi connectivity index (χ4n) is 3.67. The summed E-state index contributed by atoms with van der Waals surface area (Å²) < 4.78 is 38.0. The zero-order valence-electron chi connectivity index (χ0n) is 17.0. The predicted octanol–water partition coefficient (Wildman–Crippen LogP) is 1.80. The van der Waals surface area contributed by atoms with E-state index in [2.05, 4.69) is 18.6 Å². The summed E-state index contributed by atoms with van der Waals surface area (Å²) in [6.07, 6.45) is 2.65. The molecule has 1 aliphatic carbocycles. The number of sulfonamides is 1. The minimum atomic E-state index is -3.81. The second-order valence-electron chi connectivity index (χ2n) is 8.08. The zero-order valence-corrected chi connectivity index (χ0v) is 17.8. The van der Waals surface area contributed by atoms with Crippen molar-refractivity contribution >= 4 is 21.9 Å². The highest BCUT2D eigenvalue weighted by atomic mass is 32.2. The van der Waals surface area contributed by atoms with Gasteiger partial charge in [0.25, 0.3) is 5.91 Å². The predicted molar refractivity (Wildman–Crippen MR) is 106 cm³/mol. The van der Waals surface area contributed by atoms with Gasteiger partial charge in [0.2, 0.25) is 10.0 Å². The Labute approximate surface area is 171 Å². The van der Waals surface area contributed by atoms with Gasteiger partial charge in [-0.2, -0.15) is 0 Å². The van der Waals surface area contributed by atoms with Crippen LogP contribution in [0.25, 0.3) is 0 Å². The van der Waals surface area contributed by atoms with Gasteiger partial charge >= 0.3 is 5.97 Å². The van der Waals surface area contributed by atoms with Gasteiger partial charge in [0, 0.05) is 19.1 Å². The Balaban J connectivity index is 1.67. The lowest BCUT2D eigenvalue weighted by Crippen LogP contribution is -2.44. The van der Waals surface area contributed by atoms with Crippen LogP contribution in [0.3, 0.4) is 0 Å². The number of carbonyl (C=O) groups excluding carboxylic acids is 2. The van der Waals surface area contributed by atoms with Gasteiger partial charge in [-0.25, -0.2) is 17.9 Å². The van der Waals surface area contributed by atoms with Crippen LogP contribution in [0.2, 0.25) is 0 Å². The average molecular weight is 425 g/mol. The second kappa shape index (κ2) is 8.71. The van der Waals surface area contributed by atoms with Crippen LogP contribution in [0.15, 0.2) is 23.1 Å². The molecular weight excluding hydrogens is 396 g/mol. The summed E-state index contributed by atoms with van der Waals surface area (Å²) in [6, 6.07) is 3.98. The van der Waals surface area contributed by atoms with Gasteiger partial charge in [0.05, 0.1) is 12.7 Å². The van der Waals surface area contributed by atoms with Crippen molar-refractivity contribution in [2.24, 2.45) is 11.8 Å². The first kappa shape index (κ1) is 21.6. The van der Waals surface area contributed by atoms with Gasteiger partial charge in [-0.1, -0.05) is 13.8 Å². The van der Waals surface area contributed by atoms with Gasteiger partial charge in [-0.3, -0.25) is 4.79 Å². The highest BCUT2D eigenvalue weighted by molar-refractivity contribution is 7.89. The molecule has 160 valence electrons. The van der Waals surface area contributed by atoms with Crippen molar-refractivity contribution < 1.29 is 27.5 Å². The SMILES string of the molecule is COc1ccc(C(=O)OCC(=O)N2C[C@@H](C)C[C@H](C)C2)cc1S(=O)(=O)NC1CC1. The number of rotatable bonds is 7. The molecule has 1 aliphatic heterocycles. The number of hydrogen-bond acceptors (Lipinski definition) is 6. The van der Waals surface area contributed by atoms with E-state index in [1.165, 1.54) is 25.3 Å². The molecule has 0 radical (unpaired) electrons. The zero-order chi connectivity index (χ0) is 21.2. The summed E-state index contributed by atoms with van der Waals surface area (Å²) in [6.45, 7) is 5.12. The van der Waals surface area contributed by atoms with Crippen LogP contribution in [-0.2, 0) is 19.6 Å². The third-order valence-electron chi connectivity index (χ3n) is 5.14. The Bertz CT molecular complexity index is 871. The standard InChI is InChI=1S/C20H28N2O6S/c1-13-8-14(2)11-22(10-13)19(23)12-28-20(24)15-4-7-17(27-3)18(9-15)29(25,26)21-16-5-6-16/h4,7,9,13-14,16,21H,5-6,8,10-12H2,1-3H3/t13-,14-/m0/s1. The summed E-state index contributed by atoms with van der Waals surface area (Å²) in [5, 5.41) is 0. The Morgan fingerprint density at radius 3 is 2.41 bits per heavy atom. The molecule has 0 aromatic heterocycles. The van der Waals surface area contributed by atoms with E-state index in [0.29, 0.717) is 24.9 Å². The van der Waals surface area contributed by atoms with Gasteiger partial charge in [0.15, 0.2) is 6.61 Å². The fraction of sp³-hybridized carbons (Fsp3) is 0.600. The maximum atomic E-state index is 12.6. The lowest BCUT2D eigenvalue weighted by atomic mass is 9.92. The number of likely N-dealkylation sites (tertiary alicyclic amines) is 1. The van der Waals surface area contributed by atoms with Crippen molar-refractivity contribution in [2.75, 3.05) is 26.8 Å². The van der Waals surface area contributed by atoms with Crippen molar-refractivity contribution in [3.63, 3.8) is 0 Å². The third-order valence-corrected chi connectivity index (χ3v) is 6.68. The van der Waals surface area contributed by atoms with E-state index in [-0.39, 0.29) is 34.8 Å². The molecule has 1 saturated heterocycles. The molecule has 1 heterocycles. The molecule has 9 heteroatoms. The van der Waals surface area contributed by atoms with Crippen molar-refractivity contribution in [3.8, 4) is 5.75 Å². The first-order valence-electron chi connectivity index (χ1n) is 9.85. The molecule has 0 unspecified atom stereocenters. The lowest BCUT2D eigenvalue weighted by Gasteiger charge is -2.34. The van der Waals surface area contributed by atoms with E-state index in [0.717, 1.165) is 19.3 Å². The van der Waals surface area contributed by atoms with Crippen molar-refractivity contribution in [2.45, 2.75) is 44.0 Å². The molecule has 1 aromatic rings. The molecule has 1 amide bonds. The van der Waals surface area contributed by atoms with Crippen LogP contribution in [0.1, 0.15) is 43.5 Å². The molecular formula is C20H28N2O6S. The first-order chi connectivity index (χ1) is 13.7. The summed E-state index contributed by atoms with van der Waals surface area (Å²) >= 11 is 0. The largest absolute Gasteiger partial charge is 0.495 e. The maximum absolute atomic E-state index is 12.6. The molecule has 0 spiro atoms. The Morgan fingerprint density at radius 1 is 1.17 bits per heavy atom.